The van der Waals surface area contributed by atoms with E-state index in [0.29, 0.717) is 0 Å². The second kappa shape index (κ2) is 3.23. The van der Waals surface area contributed by atoms with Crippen LogP contribution in [0.1, 0.15) is 12.5 Å². The number of aryl methyl sites for hydroxylation is 1. The number of nitrogens with two attached hydrogens (primary N) is 1. The Morgan fingerprint density at radius 1 is 1.38 bits per heavy atom. The fourth-order valence-electron chi connectivity index (χ4n) is 1.39. The van der Waals surface area contributed by atoms with Gasteiger partial charge in [-0.15, -0.1) is 23.5 Å². The van der Waals surface area contributed by atoms with Crippen LogP contribution in [0.25, 0.3) is 0 Å². The van der Waals surface area contributed by atoms with Crippen LogP contribution in [0.2, 0.25) is 0 Å². The Morgan fingerprint density at radius 2 is 2.15 bits per heavy atom. The molecule has 1 aliphatic rings. The van der Waals surface area contributed by atoms with Crippen molar-refractivity contribution in [1.29, 1.82) is 0 Å². The van der Waals surface area contributed by atoms with Gasteiger partial charge in [-0.1, -0.05) is 12.1 Å². The van der Waals surface area contributed by atoms with Crippen LogP contribution in [0, 0.1) is 6.92 Å². The zero-order valence-electron chi connectivity index (χ0n) is 7.83. The first-order valence-electron chi connectivity index (χ1n) is 4.32. The highest BCUT2D eigenvalue weighted by Crippen LogP contribution is 2.55. The molecule has 0 radical (unpaired) electrons. The molecule has 70 valence electrons. The average Bonchev–Trinajstić information content (AvgIpc) is 2.45. The minimum absolute atomic E-state index is 0.147. The third-order valence-corrected chi connectivity index (χ3v) is 5.32. The van der Waals surface area contributed by atoms with Crippen LogP contribution in [0.15, 0.2) is 28.0 Å². The molecule has 0 aromatic heterocycles. The van der Waals surface area contributed by atoms with Crippen molar-refractivity contribution in [2.75, 3.05) is 6.54 Å². The second-order valence-electron chi connectivity index (χ2n) is 3.44. The summed E-state index contributed by atoms with van der Waals surface area (Å²) in [6.45, 7) is 5.09. The van der Waals surface area contributed by atoms with Crippen molar-refractivity contribution in [3.63, 3.8) is 0 Å². The van der Waals surface area contributed by atoms with Crippen LogP contribution in [0.4, 0.5) is 0 Å². The van der Waals surface area contributed by atoms with Crippen molar-refractivity contribution >= 4 is 23.5 Å². The van der Waals surface area contributed by atoms with Crippen LogP contribution in [0.5, 0.6) is 0 Å². The van der Waals surface area contributed by atoms with Crippen LogP contribution < -0.4 is 5.73 Å². The van der Waals surface area contributed by atoms with Crippen LogP contribution in [-0.4, -0.2) is 10.6 Å². The van der Waals surface area contributed by atoms with Crippen LogP contribution in [0.3, 0.4) is 0 Å². The smallest absolute Gasteiger partial charge is 0.0799 e. The van der Waals surface area contributed by atoms with Gasteiger partial charge in [0.1, 0.15) is 0 Å². The van der Waals surface area contributed by atoms with E-state index >= 15 is 0 Å². The van der Waals surface area contributed by atoms with Gasteiger partial charge in [0.2, 0.25) is 0 Å². The topological polar surface area (TPSA) is 26.0 Å². The van der Waals surface area contributed by atoms with Gasteiger partial charge in [-0.05, 0) is 25.5 Å². The third-order valence-electron chi connectivity index (χ3n) is 2.19. The molecule has 1 nitrogen and oxygen atoms in total. The molecule has 3 heteroatoms. The SMILES string of the molecule is Cc1cccc2c1SC(C)(CN)S2. The number of benzene rings is 1. The summed E-state index contributed by atoms with van der Waals surface area (Å²) in [5, 5.41) is 0. The predicted octanol–water partition coefficient (Wildman–Crippen LogP) is 2.87. The van der Waals surface area contributed by atoms with E-state index in [9.17, 15) is 0 Å². The zero-order chi connectivity index (χ0) is 9.47. The Morgan fingerprint density at radius 3 is 2.77 bits per heavy atom. The highest BCUT2D eigenvalue weighted by molar-refractivity contribution is 8.20. The van der Waals surface area contributed by atoms with Crippen molar-refractivity contribution in [2.45, 2.75) is 27.7 Å². The molecule has 1 aromatic rings. The molecule has 0 saturated heterocycles. The summed E-state index contributed by atoms with van der Waals surface area (Å²) in [7, 11) is 0. The number of hydrogen-bond acceptors (Lipinski definition) is 3. The molecule has 1 unspecified atom stereocenters. The fraction of sp³-hybridized carbons (Fsp3) is 0.400. The van der Waals surface area contributed by atoms with Crippen molar-refractivity contribution < 1.29 is 0 Å². The van der Waals surface area contributed by atoms with E-state index in [1.54, 1.807) is 0 Å². The summed E-state index contributed by atoms with van der Waals surface area (Å²) in [5.74, 6) is 0. The van der Waals surface area contributed by atoms with E-state index in [4.69, 9.17) is 5.73 Å². The minimum atomic E-state index is 0.147. The summed E-state index contributed by atoms with van der Waals surface area (Å²) in [6.07, 6.45) is 0. The molecule has 0 aliphatic carbocycles. The molecule has 0 fully saturated rings. The van der Waals surface area contributed by atoms with E-state index in [2.05, 4.69) is 32.0 Å². The fourth-order valence-corrected chi connectivity index (χ4v) is 4.19. The lowest BCUT2D eigenvalue weighted by Gasteiger charge is -2.18. The quantitative estimate of drug-likeness (QED) is 0.773. The van der Waals surface area contributed by atoms with Gasteiger partial charge in [-0.25, -0.2) is 0 Å². The van der Waals surface area contributed by atoms with Gasteiger partial charge >= 0.3 is 0 Å². The first kappa shape index (κ1) is 9.44. The Balaban J connectivity index is 2.40. The third kappa shape index (κ3) is 1.60. The minimum Gasteiger partial charge on any atom is -0.328 e. The molecule has 2 rings (SSSR count). The normalized spacial score (nSPS) is 26.1. The van der Waals surface area contributed by atoms with E-state index in [-0.39, 0.29) is 4.08 Å². The lowest BCUT2D eigenvalue weighted by atomic mass is 10.2. The molecule has 1 aromatic carbocycles. The van der Waals surface area contributed by atoms with Gasteiger partial charge in [-0.2, -0.15) is 0 Å². The summed E-state index contributed by atoms with van der Waals surface area (Å²) in [4.78, 5) is 2.80. The molecule has 0 spiro atoms. The average molecular weight is 211 g/mol. The van der Waals surface area contributed by atoms with Gasteiger partial charge in [0.05, 0.1) is 4.08 Å². The standard InChI is InChI=1S/C10H13NS2/c1-7-4-3-5-8-9(7)13-10(2,6-11)12-8/h3-5H,6,11H2,1-2H3. The number of hydrogen-bond donors (Lipinski definition) is 1. The molecule has 0 bridgehead atoms. The molecule has 1 heterocycles. The summed E-state index contributed by atoms with van der Waals surface area (Å²) in [6, 6.07) is 6.46. The lowest BCUT2D eigenvalue weighted by molar-refractivity contribution is 0.898. The van der Waals surface area contributed by atoms with E-state index in [1.807, 2.05) is 23.5 Å². The Hall–Kier alpha value is -0.120. The van der Waals surface area contributed by atoms with Gasteiger partial charge in [0, 0.05) is 16.3 Å². The van der Waals surface area contributed by atoms with E-state index < -0.39 is 0 Å². The summed E-state index contributed by atoms with van der Waals surface area (Å²) in [5.41, 5.74) is 7.12. The van der Waals surface area contributed by atoms with E-state index in [1.165, 1.54) is 15.4 Å². The molecule has 13 heavy (non-hydrogen) atoms. The maximum atomic E-state index is 5.76. The molecule has 0 amide bonds. The first-order chi connectivity index (χ1) is 6.14. The van der Waals surface area contributed by atoms with Gasteiger partial charge in [0.15, 0.2) is 0 Å². The number of thioether (sulfide) groups is 2. The largest absolute Gasteiger partial charge is 0.328 e. The molecule has 0 saturated carbocycles. The molecular weight excluding hydrogens is 198 g/mol. The van der Waals surface area contributed by atoms with Crippen molar-refractivity contribution in [3.8, 4) is 0 Å². The van der Waals surface area contributed by atoms with Crippen LogP contribution >= 0.6 is 23.5 Å². The maximum absolute atomic E-state index is 5.76. The Kier molecular flexibility index (Phi) is 2.34. The van der Waals surface area contributed by atoms with Gasteiger partial charge in [-0.3, -0.25) is 0 Å². The number of rotatable bonds is 1. The zero-order valence-corrected chi connectivity index (χ0v) is 9.47. The first-order valence-corrected chi connectivity index (χ1v) is 5.96. The summed E-state index contributed by atoms with van der Waals surface area (Å²) < 4.78 is 0.147. The highest BCUT2D eigenvalue weighted by atomic mass is 32.2. The second-order valence-corrected chi connectivity index (χ2v) is 6.76. The molecule has 1 atom stereocenters. The molecule has 1 aliphatic heterocycles. The monoisotopic (exact) mass is 211 g/mol. The molecule has 2 N–H and O–H groups in total. The summed E-state index contributed by atoms with van der Waals surface area (Å²) >= 11 is 3.79. The van der Waals surface area contributed by atoms with Gasteiger partial charge in [0.25, 0.3) is 0 Å². The maximum Gasteiger partial charge on any atom is 0.0799 e. The number of fused-ring (bicyclic) bond motifs is 1. The van der Waals surface area contributed by atoms with Gasteiger partial charge < -0.3 is 5.73 Å². The highest BCUT2D eigenvalue weighted by Gasteiger charge is 2.34. The van der Waals surface area contributed by atoms with Crippen LogP contribution in [-0.2, 0) is 0 Å². The van der Waals surface area contributed by atoms with Crippen molar-refractivity contribution in [2.24, 2.45) is 5.73 Å². The van der Waals surface area contributed by atoms with E-state index in [0.717, 1.165) is 6.54 Å². The van der Waals surface area contributed by atoms with Crippen molar-refractivity contribution in [3.05, 3.63) is 23.8 Å². The molecular formula is C10H13NS2. The lowest BCUT2D eigenvalue weighted by Crippen LogP contribution is -2.24. The predicted molar refractivity (Wildman–Crippen MR) is 60.4 cm³/mol. The van der Waals surface area contributed by atoms with Crippen molar-refractivity contribution in [1.82, 2.24) is 0 Å². The Bertz CT molecular complexity index is 338. The Labute approximate surface area is 87.5 Å².